The molecule has 0 spiro atoms. The van der Waals surface area contributed by atoms with Crippen molar-refractivity contribution < 1.29 is 4.74 Å². The number of hydrogen-bond acceptors (Lipinski definition) is 2. The minimum atomic E-state index is 0.276. The van der Waals surface area contributed by atoms with Gasteiger partial charge in [-0.05, 0) is 30.5 Å². The number of fused-ring (bicyclic) bond motifs is 1. The predicted octanol–water partition coefficient (Wildman–Crippen LogP) is 3.09. The Labute approximate surface area is 88.9 Å². The van der Waals surface area contributed by atoms with Gasteiger partial charge in [0.1, 0.15) is 0 Å². The molecule has 0 aliphatic carbocycles. The molecule has 1 atom stereocenters. The van der Waals surface area contributed by atoms with E-state index in [0.717, 1.165) is 18.5 Å². The SMILES string of the molecule is c1cc([C@@H]2CCCO2)c2cccnc2c1. The van der Waals surface area contributed by atoms with Crippen molar-refractivity contribution >= 4 is 10.9 Å². The molecule has 0 radical (unpaired) electrons. The van der Waals surface area contributed by atoms with Crippen LogP contribution in [0.25, 0.3) is 10.9 Å². The van der Waals surface area contributed by atoms with Gasteiger partial charge in [-0.25, -0.2) is 0 Å². The van der Waals surface area contributed by atoms with Gasteiger partial charge in [-0.2, -0.15) is 0 Å². The molecule has 1 fully saturated rings. The van der Waals surface area contributed by atoms with E-state index in [1.54, 1.807) is 0 Å². The third kappa shape index (κ3) is 1.51. The molecule has 0 unspecified atom stereocenters. The zero-order valence-corrected chi connectivity index (χ0v) is 8.52. The Morgan fingerprint density at radius 1 is 1.20 bits per heavy atom. The fraction of sp³-hybridized carbons (Fsp3) is 0.308. The van der Waals surface area contributed by atoms with Crippen LogP contribution in [-0.4, -0.2) is 11.6 Å². The maximum Gasteiger partial charge on any atom is 0.0832 e. The first-order valence-electron chi connectivity index (χ1n) is 5.40. The summed E-state index contributed by atoms with van der Waals surface area (Å²) in [6.07, 6.45) is 4.41. The maximum atomic E-state index is 5.72. The van der Waals surface area contributed by atoms with Crippen LogP contribution in [0.1, 0.15) is 24.5 Å². The molecule has 0 amide bonds. The fourth-order valence-corrected chi connectivity index (χ4v) is 2.23. The molecule has 2 heteroatoms. The second-order valence-corrected chi connectivity index (χ2v) is 3.92. The second kappa shape index (κ2) is 3.63. The summed E-state index contributed by atoms with van der Waals surface area (Å²) in [6.45, 7) is 0.890. The van der Waals surface area contributed by atoms with Gasteiger partial charge < -0.3 is 4.74 Å². The van der Waals surface area contributed by atoms with Gasteiger partial charge in [0.05, 0.1) is 11.6 Å². The van der Waals surface area contributed by atoms with Gasteiger partial charge >= 0.3 is 0 Å². The van der Waals surface area contributed by atoms with Crippen molar-refractivity contribution in [3.63, 3.8) is 0 Å². The van der Waals surface area contributed by atoms with Gasteiger partial charge in [0.25, 0.3) is 0 Å². The Kier molecular flexibility index (Phi) is 2.14. The number of benzene rings is 1. The second-order valence-electron chi connectivity index (χ2n) is 3.92. The van der Waals surface area contributed by atoms with E-state index in [4.69, 9.17) is 4.74 Å². The highest BCUT2D eigenvalue weighted by molar-refractivity contribution is 5.82. The average molecular weight is 199 g/mol. The zero-order valence-electron chi connectivity index (χ0n) is 8.52. The monoisotopic (exact) mass is 199 g/mol. The summed E-state index contributed by atoms with van der Waals surface area (Å²) in [4.78, 5) is 4.36. The summed E-state index contributed by atoms with van der Waals surface area (Å²) in [5.74, 6) is 0. The first-order valence-corrected chi connectivity index (χ1v) is 5.40. The molecule has 2 nitrogen and oxygen atoms in total. The van der Waals surface area contributed by atoms with Crippen molar-refractivity contribution in [2.45, 2.75) is 18.9 Å². The third-order valence-corrected chi connectivity index (χ3v) is 2.96. The van der Waals surface area contributed by atoms with Crippen LogP contribution in [0.15, 0.2) is 36.5 Å². The molecular weight excluding hydrogens is 186 g/mol. The molecule has 15 heavy (non-hydrogen) atoms. The summed E-state index contributed by atoms with van der Waals surface area (Å²) in [5.41, 5.74) is 2.35. The van der Waals surface area contributed by atoms with E-state index in [1.165, 1.54) is 17.4 Å². The summed E-state index contributed by atoms with van der Waals surface area (Å²) in [7, 11) is 0. The van der Waals surface area contributed by atoms with Gasteiger partial charge in [0.15, 0.2) is 0 Å². The Balaban J connectivity index is 2.16. The average Bonchev–Trinajstić information content (AvgIpc) is 2.82. The van der Waals surface area contributed by atoms with Gasteiger partial charge in [-0.15, -0.1) is 0 Å². The quantitative estimate of drug-likeness (QED) is 0.704. The Morgan fingerprint density at radius 3 is 3.07 bits per heavy atom. The van der Waals surface area contributed by atoms with Crippen molar-refractivity contribution in [1.82, 2.24) is 4.98 Å². The fourth-order valence-electron chi connectivity index (χ4n) is 2.23. The molecule has 0 saturated carbocycles. The van der Waals surface area contributed by atoms with Gasteiger partial charge in [0.2, 0.25) is 0 Å². The summed E-state index contributed by atoms with van der Waals surface area (Å²) in [6, 6.07) is 10.4. The molecule has 1 aromatic heterocycles. The largest absolute Gasteiger partial charge is 0.374 e. The zero-order chi connectivity index (χ0) is 10.1. The minimum Gasteiger partial charge on any atom is -0.374 e. The van der Waals surface area contributed by atoms with Gasteiger partial charge in [-0.3, -0.25) is 4.98 Å². The molecular formula is C13H13NO. The van der Waals surface area contributed by atoms with Crippen molar-refractivity contribution in [2.24, 2.45) is 0 Å². The smallest absolute Gasteiger partial charge is 0.0832 e. The number of rotatable bonds is 1. The topological polar surface area (TPSA) is 22.1 Å². The van der Waals surface area contributed by atoms with Crippen molar-refractivity contribution in [1.29, 1.82) is 0 Å². The van der Waals surface area contributed by atoms with E-state index in [-0.39, 0.29) is 6.10 Å². The van der Waals surface area contributed by atoms with Crippen LogP contribution in [0.3, 0.4) is 0 Å². The number of hydrogen-bond donors (Lipinski definition) is 0. The van der Waals surface area contributed by atoms with Crippen LogP contribution >= 0.6 is 0 Å². The van der Waals surface area contributed by atoms with Crippen molar-refractivity contribution in [3.8, 4) is 0 Å². The van der Waals surface area contributed by atoms with Crippen LogP contribution in [0.4, 0.5) is 0 Å². The molecule has 3 rings (SSSR count). The van der Waals surface area contributed by atoms with E-state index in [0.29, 0.717) is 0 Å². The van der Waals surface area contributed by atoms with Crippen LogP contribution < -0.4 is 0 Å². The highest BCUT2D eigenvalue weighted by atomic mass is 16.5. The molecule has 2 heterocycles. The van der Waals surface area contributed by atoms with Crippen molar-refractivity contribution in [3.05, 3.63) is 42.1 Å². The molecule has 0 N–H and O–H groups in total. The van der Waals surface area contributed by atoms with E-state index in [9.17, 15) is 0 Å². The molecule has 0 bridgehead atoms. The van der Waals surface area contributed by atoms with Crippen LogP contribution in [-0.2, 0) is 4.74 Å². The lowest BCUT2D eigenvalue weighted by molar-refractivity contribution is 0.113. The molecule has 2 aromatic rings. The lowest BCUT2D eigenvalue weighted by Gasteiger charge is -2.12. The predicted molar refractivity (Wildman–Crippen MR) is 59.7 cm³/mol. The van der Waals surface area contributed by atoms with E-state index >= 15 is 0 Å². The van der Waals surface area contributed by atoms with Crippen molar-refractivity contribution in [2.75, 3.05) is 6.61 Å². The minimum absolute atomic E-state index is 0.276. The number of nitrogens with zero attached hydrogens (tertiary/aromatic N) is 1. The molecule has 1 saturated heterocycles. The van der Waals surface area contributed by atoms with E-state index in [1.807, 2.05) is 18.3 Å². The summed E-state index contributed by atoms with van der Waals surface area (Å²) < 4.78 is 5.72. The Morgan fingerprint density at radius 2 is 2.20 bits per heavy atom. The third-order valence-electron chi connectivity index (χ3n) is 2.96. The molecule has 1 aliphatic heterocycles. The lowest BCUT2D eigenvalue weighted by Crippen LogP contribution is -1.96. The molecule has 1 aromatic carbocycles. The number of ether oxygens (including phenoxy) is 1. The highest BCUT2D eigenvalue weighted by Crippen LogP contribution is 2.32. The first-order chi connectivity index (χ1) is 7.45. The van der Waals surface area contributed by atoms with Crippen LogP contribution in [0.2, 0.25) is 0 Å². The van der Waals surface area contributed by atoms with Crippen LogP contribution in [0, 0.1) is 0 Å². The molecule has 76 valence electrons. The Bertz CT molecular complexity index is 469. The number of aromatic nitrogens is 1. The standard InChI is InChI=1S/C13H13NO/c1-4-11(13-7-3-9-15-13)10-5-2-8-14-12(10)6-1/h1-2,4-6,8,13H,3,7,9H2/t13-/m0/s1. The Hall–Kier alpha value is -1.41. The summed E-state index contributed by atoms with van der Waals surface area (Å²) in [5, 5.41) is 1.23. The first kappa shape index (κ1) is 8.86. The van der Waals surface area contributed by atoms with E-state index < -0.39 is 0 Å². The molecule has 1 aliphatic rings. The van der Waals surface area contributed by atoms with Crippen LogP contribution in [0.5, 0.6) is 0 Å². The lowest BCUT2D eigenvalue weighted by atomic mass is 10.0. The highest BCUT2D eigenvalue weighted by Gasteiger charge is 2.19. The summed E-state index contributed by atoms with van der Waals surface area (Å²) >= 11 is 0. The number of pyridine rings is 1. The van der Waals surface area contributed by atoms with E-state index in [2.05, 4.69) is 23.2 Å². The maximum absolute atomic E-state index is 5.72. The normalized spacial score (nSPS) is 20.9. The van der Waals surface area contributed by atoms with Gasteiger partial charge in [0, 0.05) is 18.2 Å². The van der Waals surface area contributed by atoms with Gasteiger partial charge in [-0.1, -0.05) is 18.2 Å².